The van der Waals surface area contributed by atoms with Crippen LogP contribution in [0.3, 0.4) is 0 Å². The van der Waals surface area contributed by atoms with Crippen LogP contribution in [0.5, 0.6) is 0 Å². The average Bonchev–Trinajstić information content (AvgIpc) is 2.46. The lowest BCUT2D eigenvalue weighted by atomic mass is 9.78. The Kier molecular flexibility index (Phi) is 4.37. The minimum Gasteiger partial charge on any atom is -0.389 e. The van der Waals surface area contributed by atoms with E-state index in [-0.39, 0.29) is 0 Å². The largest absolute Gasteiger partial charge is 0.389 e. The van der Waals surface area contributed by atoms with E-state index in [9.17, 15) is 5.11 Å². The first kappa shape index (κ1) is 14.4. The molecule has 1 aliphatic carbocycles. The first-order valence-corrected chi connectivity index (χ1v) is 8.70. The number of rotatable bonds is 2. The van der Waals surface area contributed by atoms with Crippen LogP contribution in [-0.2, 0) is 0 Å². The number of hydrogen-bond acceptors (Lipinski definition) is 2. The minimum absolute atomic E-state index is 0.415. The number of halogens is 1. The first-order chi connectivity index (χ1) is 9.66. The molecule has 1 aromatic rings. The van der Waals surface area contributed by atoms with Gasteiger partial charge in [0.05, 0.1) is 6.10 Å². The van der Waals surface area contributed by atoms with E-state index < -0.39 is 6.10 Å². The van der Waals surface area contributed by atoms with E-state index >= 15 is 0 Å². The van der Waals surface area contributed by atoms with Gasteiger partial charge in [0.1, 0.15) is 0 Å². The summed E-state index contributed by atoms with van der Waals surface area (Å²) in [5.74, 6) is 0.896. The molecule has 0 radical (unpaired) electrons. The molecule has 1 aromatic carbocycles. The van der Waals surface area contributed by atoms with Crippen molar-refractivity contribution in [1.82, 2.24) is 0 Å². The Morgan fingerprint density at radius 1 is 1.20 bits per heavy atom. The molecule has 20 heavy (non-hydrogen) atoms. The Labute approximate surface area is 130 Å². The molecule has 1 N–H and O–H groups in total. The van der Waals surface area contributed by atoms with Crippen molar-refractivity contribution in [3.8, 4) is 0 Å². The molecule has 1 saturated heterocycles. The maximum absolute atomic E-state index is 9.75. The molecule has 1 heterocycles. The van der Waals surface area contributed by atoms with Gasteiger partial charge in [-0.05, 0) is 56.2 Å². The molecule has 0 bridgehead atoms. The number of benzene rings is 1. The van der Waals surface area contributed by atoms with Gasteiger partial charge in [-0.25, -0.2) is 0 Å². The molecule has 0 aromatic heterocycles. The zero-order chi connectivity index (χ0) is 14.1. The molecule has 2 aliphatic rings. The van der Waals surface area contributed by atoms with Gasteiger partial charge in [-0.2, -0.15) is 0 Å². The quantitative estimate of drug-likeness (QED) is 0.848. The van der Waals surface area contributed by atoms with Gasteiger partial charge in [-0.3, -0.25) is 0 Å². The summed E-state index contributed by atoms with van der Waals surface area (Å²) in [4.78, 5) is 2.61. The lowest BCUT2D eigenvalue weighted by molar-refractivity contribution is 0.198. The van der Waals surface area contributed by atoms with E-state index in [1.165, 1.54) is 50.8 Å². The summed E-state index contributed by atoms with van der Waals surface area (Å²) in [5.41, 5.74) is 2.30. The third kappa shape index (κ3) is 2.75. The molecule has 3 heteroatoms. The topological polar surface area (TPSA) is 23.5 Å². The van der Waals surface area contributed by atoms with Gasteiger partial charge in [0, 0.05) is 22.7 Å². The van der Waals surface area contributed by atoms with E-state index in [0.717, 1.165) is 22.0 Å². The molecular formula is C17H24BrNO. The number of aliphatic hydroxyl groups is 1. The van der Waals surface area contributed by atoms with Crippen LogP contribution in [0.2, 0.25) is 0 Å². The van der Waals surface area contributed by atoms with Crippen LogP contribution in [0.25, 0.3) is 0 Å². The molecule has 1 saturated carbocycles. The second-order valence-electron chi connectivity index (χ2n) is 6.33. The summed E-state index contributed by atoms with van der Waals surface area (Å²) in [6, 6.07) is 7.18. The molecule has 2 nitrogen and oxygen atoms in total. The van der Waals surface area contributed by atoms with Crippen molar-refractivity contribution in [2.45, 2.75) is 57.6 Å². The molecule has 0 spiro atoms. The summed E-state index contributed by atoms with van der Waals surface area (Å²) < 4.78 is 1.03. The maximum atomic E-state index is 9.75. The predicted molar refractivity (Wildman–Crippen MR) is 87.1 cm³/mol. The highest BCUT2D eigenvalue weighted by atomic mass is 79.9. The Morgan fingerprint density at radius 3 is 2.70 bits per heavy atom. The molecular weight excluding hydrogens is 314 g/mol. The van der Waals surface area contributed by atoms with Crippen LogP contribution in [-0.4, -0.2) is 17.7 Å². The SMILES string of the molecule is C[C@@H](O)c1ccc(N2CCCC3CCCCC32)cc1Br. The van der Waals surface area contributed by atoms with Gasteiger partial charge < -0.3 is 10.0 Å². The lowest BCUT2D eigenvalue weighted by Gasteiger charge is -2.45. The molecule has 1 aliphatic heterocycles. The number of hydrogen-bond donors (Lipinski definition) is 1. The number of anilines is 1. The average molecular weight is 338 g/mol. The Balaban J connectivity index is 1.85. The van der Waals surface area contributed by atoms with Gasteiger partial charge in [-0.15, -0.1) is 0 Å². The van der Waals surface area contributed by atoms with Gasteiger partial charge in [0.25, 0.3) is 0 Å². The molecule has 110 valence electrons. The van der Waals surface area contributed by atoms with Crippen molar-refractivity contribution in [2.24, 2.45) is 5.92 Å². The summed E-state index contributed by atoms with van der Waals surface area (Å²) in [6.07, 6.45) is 7.87. The minimum atomic E-state index is -0.415. The zero-order valence-electron chi connectivity index (χ0n) is 12.2. The Hall–Kier alpha value is -0.540. The van der Waals surface area contributed by atoms with Crippen LogP contribution in [0.4, 0.5) is 5.69 Å². The van der Waals surface area contributed by atoms with E-state index in [1.807, 2.05) is 6.92 Å². The Bertz CT molecular complexity index is 472. The fourth-order valence-electron chi connectivity index (χ4n) is 3.98. The number of aliphatic hydroxyl groups excluding tert-OH is 1. The second-order valence-corrected chi connectivity index (χ2v) is 7.18. The van der Waals surface area contributed by atoms with Crippen LogP contribution < -0.4 is 4.90 Å². The highest BCUT2D eigenvalue weighted by molar-refractivity contribution is 9.10. The smallest absolute Gasteiger partial charge is 0.0772 e. The number of piperidine rings is 1. The zero-order valence-corrected chi connectivity index (χ0v) is 13.8. The highest BCUT2D eigenvalue weighted by Crippen LogP contribution is 2.39. The first-order valence-electron chi connectivity index (χ1n) is 7.91. The predicted octanol–water partition coefficient (Wildman–Crippen LogP) is 4.66. The van der Waals surface area contributed by atoms with Crippen molar-refractivity contribution in [3.63, 3.8) is 0 Å². The Morgan fingerprint density at radius 2 is 1.95 bits per heavy atom. The molecule has 0 amide bonds. The number of nitrogens with zero attached hydrogens (tertiary/aromatic N) is 1. The van der Waals surface area contributed by atoms with Crippen molar-refractivity contribution in [3.05, 3.63) is 28.2 Å². The summed E-state index contributed by atoms with van der Waals surface area (Å²) in [5, 5.41) is 9.75. The van der Waals surface area contributed by atoms with Crippen LogP contribution in [0.1, 0.15) is 57.1 Å². The van der Waals surface area contributed by atoms with Gasteiger partial charge in [0.2, 0.25) is 0 Å². The van der Waals surface area contributed by atoms with Crippen molar-refractivity contribution < 1.29 is 5.11 Å². The van der Waals surface area contributed by atoms with Crippen LogP contribution in [0.15, 0.2) is 22.7 Å². The molecule has 3 atom stereocenters. The van der Waals surface area contributed by atoms with Gasteiger partial charge in [-0.1, -0.05) is 34.8 Å². The molecule has 3 rings (SSSR count). The lowest BCUT2D eigenvalue weighted by Crippen LogP contribution is -2.46. The van der Waals surface area contributed by atoms with Crippen molar-refractivity contribution >= 4 is 21.6 Å². The summed E-state index contributed by atoms with van der Waals surface area (Å²) >= 11 is 3.62. The fraction of sp³-hybridized carbons (Fsp3) is 0.647. The van der Waals surface area contributed by atoms with Gasteiger partial charge >= 0.3 is 0 Å². The monoisotopic (exact) mass is 337 g/mol. The van der Waals surface area contributed by atoms with Crippen LogP contribution >= 0.6 is 15.9 Å². The summed E-state index contributed by atoms with van der Waals surface area (Å²) in [7, 11) is 0. The highest BCUT2D eigenvalue weighted by Gasteiger charge is 2.33. The standard InChI is InChI=1S/C17H24BrNO/c1-12(20)15-9-8-14(11-16(15)18)19-10-4-6-13-5-2-3-7-17(13)19/h8-9,11-13,17,20H,2-7,10H2,1H3/t12-,13?,17?/m1/s1. The normalized spacial score (nSPS) is 28.1. The van der Waals surface area contributed by atoms with E-state index in [4.69, 9.17) is 0 Å². The molecule has 2 fully saturated rings. The van der Waals surface area contributed by atoms with Crippen molar-refractivity contribution in [2.75, 3.05) is 11.4 Å². The van der Waals surface area contributed by atoms with Gasteiger partial charge in [0.15, 0.2) is 0 Å². The van der Waals surface area contributed by atoms with E-state index in [0.29, 0.717) is 0 Å². The second kappa shape index (κ2) is 6.07. The van der Waals surface area contributed by atoms with E-state index in [1.54, 1.807) is 0 Å². The fourth-order valence-corrected chi connectivity index (χ4v) is 4.68. The third-order valence-electron chi connectivity index (χ3n) is 5.01. The molecule has 2 unspecified atom stereocenters. The van der Waals surface area contributed by atoms with Crippen LogP contribution in [0, 0.1) is 5.92 Å². The summed E-state index contributed by atoms with van der Waals surface area (Å²) in [6.45, 7) is 3.00. The maximum Gasteiger partial charge on any atom is 0.0772 e. The third-order valence-corrected chi connectivity index (χ3v) is 5.70. The number of fused-ring (bicyclic) bond motifs is 1. The van der Waals surface area contributed by atoms with Crippen molar-refractivity contribution in [1.29, 1.82) is 0 Å². The van der Waals surface area contributed by atoms with E-state index in [2.05, 4.69) is 39.0 Å².